The van der Waals surface area contributed by atoms with E-state index >= 15 is 0 Å². The second kappa shape index (κ2) is 4.33. The first-order chi connectivity index (χ1) is 8.77. The van der Waals surface area contributed by atoms with Crippen LogP contribution in [0.15, 0.2) is 11.6 Å². The van der Waals surface area contributed by atoms with Crippen molar-refractivity contribution in [3.8, 4) is 6.07 Å². The van der Waals surface area contributed by atoms with Crippen molar-refractivity contribution >= 4 is 22.5 Å². The van der Waals surface area contributed by atoms with Crippen LogP contribution >= 0.6 is 11.8 Å². The highest BCUT2D eigenvalue weighted by atomic mass is 32.2. The molecular weight excluding hydrogens is 242 g/mol. The van der Waals surface area contributed by atoms with E-state index in [9.17, 15) is 5.26 Å². The number of aryl methyl sites for hydroxylation is 1. The average Bonchev–Trinajstić information content (AvgIpc) is 2.87. The molecule has 0 bridgehead atoms. The molecule has 0 aromatic carbocycles. The van der Waals surface area contributed by atoms with Crippen molar-refractivity contribution in [3.05, 3.63) is 28.6 Å². The minimum Gasteiger partial charge on any atom is -0.297 e. The Bertz CT molecular complexity index is 601. The second-order valence-corrected chi connectivity index (χ2v) is 5.92. The summed E-state index contributed by atoms with van der Waals surface area (Å²) in [4.78, 5) is 0.999. The Hall–Kier alpha value is -1.47. The number of nitrogens with zero attached hydrogens (tertiary/aromatic N) is 2. The Morgan fingerprint density at radius 2 is 2.22 bits per heavy atom. The molecule has 0 spiro atoms. The molecule has 0 radical (unpaired) electrons. The summed E-state index contributed by atoms with van der Waals surface area (Å²) in [5.41, 5.74) is 4.27. The molecule has 3 nitrogen and oxygen atoms in total. The molecule has 0 saturated heterocycles. The number of hydrogen-bond donors (Lipinski definition) is 1. The summed E-state index contributed by atoms with van der Waals surface area (Å²) in [5.74, 6) is 1.32. The van der Waals surface area contributed by atoms with Crippen molar-refractivity contribution < 1.29 is 0 Å². The molecular formula is C14H15N3S. The molecule has 1 aromatic rings. The van der Waals surface area contributed by atoms with E-state index in [1.807, 2.05) is 4.57 Å². The number of thioether (sulfide) groups is 1. The van der Waals surface area contributed by atoms with Crippen LogP contribution < -0.4 is 0 Å². The molecule has 2 heterocycles. The van der Waals surface area contributed by atoms with Gasteiger partial charge >= 0.3 is 0 Å². The van der Waals surface area contributed by atoms with Gasteiger partial charge in [-0.3, -0.25) is 9.98 Å². The predicted molar refractivity (Wildman–Crippen MR) is 74.9 cm³/mol. The van der Waals surface area contributed by atoms with Gasteiger partial charge in [0, 0.05) is 5.69 Å². The molecule has 0 atom stereocenters. The fourth-order valence-electron chi connectivity index (χ4n) is 2.86. The van der Waals surface area contributed by atoms with Gasteiger partial charge in [0.25, 0.3) is 0 Å². The molecule has 1 aliphatic carbocycles. The molecule has 0 fully saturated rings. The fraction of sp³-hybridized carbons (Fsp3) is 0.429. The highest BCUT2D eigenvalue weighted by Crippen LogP contribution is 2.40. The molecule has 18 heavy (non-hydrogen) atoms. The zero-order valence-corrected chi connectivity index (χ0v) is 11.2. The number of nitriles is 1. The summed E-state index contributed by atoms with van der Waals surface area (Å²) >= 11 is 1.68. The van der Waals surface area contributed by atoms with Gasteiger partial charge in [0.1, 0.15) is 17.5 Å². The molecule has 4 heteroatoms. The lowest BCUT2D eigenvalue weighted by Crippen LogP contribution is -2.14. The highest BCUT2D eigenvalue weighted by Gasteiger charge is 2.31. The second-order valence-electron chi connectivity index (χ2n) is 4.64. The number of nitrogens with one attached hydrogen (secondary N) is 1. The molecule has 0 unspecified atom stereocenters. The van der Waals surface area contributed by atoms with Crippen LogP contribution in [0.4, 0.5) is 0 Å². The minimum absolute atomic E-state index is 0.381. The lowest BCUT2D eigenvalue weighted by Gasteiger charge is -2.14. The number of aromatic nitrogens is 1. The largest absolute Gasteiger partial charge is 0.297 e. The predicted octanol–water partition coefficient (Wildman–Crippen LogP) is 3.19. The third-order valence-corrected chi connectivity index (χ3v) is 4.61. The van der Waals surface area contributed by atoms with E-state index in [4.69, 9.17) is 5.41 Å². The topological polar surface area (TPSA) is 52.6 Å². The minimum atomic E-state index is 0.381. The van der Waals surface area contributed by atoms with E-state index in [0.29, 0.717) is 11.4 Å². The molecule has 2 aliphatic rings. The van der Waals surface area contributed by atoms with Gasteiger partial charge in [-0.1, -0.05) is 6.92 Å². The lowest BCUT2D eigenvalue weighted by atomic mass is 9.97. The zero-order chi connectivity index (χ0) is 12.7. The van der Waals surface area contributed by atoms with Crippen LogP contribution in [-0.2, 0) is 12.8 Å². The molecule has 92 valence electrons. The Morgan fingerprint density at radius 1 is 1.44 bits per heavy atom. The smallest absolute Gasteiger partial charge is 0.149 e. The maximum atomic E-state index is 9.25. The van der Waals surface area contributed by atoms with Gasteiger partial charge in [-0.25, -0.2) is 0 Å². The van der Waals surface area contributed by atoms with Gasteiger partial charge in [-0.2, -0.15) is 5.26 Å². The molecule has 0 amide bonds. The Balaban J connectivity index is 2.18. The lowest BCUT2D eigenvalue weighted by molar-refractivity contribution is 0.668. The van der Waals surface area contributed by atoms with Crippen LogP contribution in [0.1, 0.15) is 36.7 Å². The number of fused-ring (bicyclic) bond motifs is 3. The van der Waals surface area contributed by atoms with Gasteiger partial charge < -0.3 is 0 Å². The molecule has 1 N–H and O–H groups in total. The summed E-state index contributed by atoms with van der Waals surface area (Å²) in [6.07, 6.45) is 4.60. The van der Waals surface area contributed by atoms with Gasteiger partial charge in [0.05, 0.1) is 10.6 Å². The van der Waals surface area contributed by atoms with Gasteiger partial charge in [0.2, 0.25) is 0 Å². The molecule has 3 rings (SSSR count). The van der Waals surface area contributed by atoms with Crippen molar-refractivity contribution in [1.82, 2.24) is 4.57 Å². The van der Waals surface area contributed by atoms with Crippen molar-refractivity contribution in [2.24, 2.45) is 0 Å². The SMILES string of the molecule is CCSC1=C(C#N)C(=N)n2c1cc1c2CCCC1. The van der Waals surface area contributed by atoms with Crippen molar-refractivity contribution in [2.75, 3.05) is 5.75 Å². The molecule has 0 saturated carbocycles. The average molecular weight is 257 g/mol. The Morgan fingerprint density at radius 3 is 2.94 bits per heavy atom. The Labute approximate surface area is 111 Å². The van der Waals surface area contributed by atoms with Crippen LogP contribution in [0.25, 0.3) is 4.91 Å². The first-order valence-corrected chi connectivity index (χ1v) is 7.36. The van der Waals surface area contributed by atoms with E-state index in [1.165, 1.54) is 24.1 Å². The van der Waals surface area contributed by atoms with E-state index in [-0.39, 0.29) is 0 Å². The van der Waals surface area contributed by atoms with Crippen LogP contribution in [-0.4, -0.2) is 16.2 Å². The maximum absolute atomic E-state index is 9.25. The quantitative estimate of drug-likeness (QED) is 0.884. The highest BCUT2D eigenvalue weighted by molar-refractivity contribution is 8.08. The van der Waals surface area contributed by atoms with Crippen LogP contribution in [0, 0.1) is 16.7 Å². The third kappa shape index (κ3) is 1.47. The summed E-state index contributed by atoms with van der Waals surface area (Å²) in [6, 6.07) is 4.40. The first kappa shape index (κ1) is 11.6. The van der Waals surface area contributed by atoms with Crippen molar-refractivity contribution in [3.63, 3.8) is 0 Å². The normalized spacial score (nSPS) is 17.7. The van der Waals surface area contributed by atoms with Gasteiger partial charge in [0.15, 0.2) is 0 Å². The van der Waals surface area contributed by atoms with Gasteiger partial charge in [-0.05, 0) is 43.1 Å². The summed E-state index contributed by atoms with van der Waals surface area (Å²) in [5, 5.41) is 17.5. The Kier molecular flexibility index (Phi) is 2.79. The van der Waals surface area contributed by atoms with Gasteiger partial charge in [-0.15, -0.1) is 11.8 Å². The summed E-state index contributed by atoms with van der Waals surface area (Å²) in [7, 11) is 0. The monoisotopic (exact) mass is 257 g/mol. The number of hydrogen-bond acceptors (Lipinski definition) is 3. The standard InChI is InChI=1S/C14H15N3S/c1-2-18-13-10(8-15)14(16)17-11-6-4-3-5-9(11)7-12(13)17/h7,16H,2-6H2,1H3. The van der Waals surface area contributed by atoms with Crippen LogP contribution in [0.3, 0.4) is 0 Å². The molecule has 1 aromatic heterocycles. The maximum Gasteiger partial charge on any atom is 0.149 e. The van der Waals surface area contributed by atoms with Crippen LogP contribution in [0.2, 0.25) is 0 Å². The van der Waals surface area contributed by atoms with Crippen molar-refractivity contribution in [2.45, 2.75) is 32.6 Å². The summed E-state index contributed by atoms with van der Waals surface area (Å²) in [6.45, 7) is 2.09. The molecule has 1 aliphatic heterocycles. The number of allylic oxidation sites excluding steroid dienone is 1. The third-order valence-electron chi connectivity index (χ3n) is 3.62. The van der Waals surface area contributed by atoms with Crippen LogP contribution in [0.5, 0.6) is 0 Å². The summed E-state index contributed by atoms with van der Waals surface area (Å²) < 4.78 is 2.00. The zero-order valence-electron chi connectivity index (χ0n) is 10.4. The van der Waals surface area contributed by atoms with Crippen molar-refractivity contribution in [1.29, 1.82) is 10.7 Å². The fourth-order valence-corrected chi connectivity index (χ4v) is 3.74. The van der Waals surface area contributed by atoms with E-state index in [0.717, 1.165) is 29.2 Å². The first-order valence-electron chi connectivity index (χ1n) is 6.38. The van der Waals surface area contributed by atoms with E-state index < -0.39 is 0 Å². The van der Waals surface area contributed by atoms with E-state index in [2.05, 4.69) is 19.1 Å². The van der Waals surface area contributed by atoms with E-state index in [1.54, 1.807) is 11.8 Å². The number of rotatable bonds is 2.